The summed E-state index contributed by atoms with van der Waals surface area (Å²) in [7, 11) is -1.37. The maximum atomic E-state index is 13.4. The molecule has 0 aliphatic heterocycles. The highest BCUT2D eigenvalue weighted by molar-refractivity contribution is 9.10. The fourth-order valence-corrected chi connectivity index (χ4v) is 1.85. The van der Waals surface area contributed by atoms with Crippen LogP contribution >= 0.6 is 15.9 Å². The molecule has 0 spiro atoms. The van der Waals surface area contributed by atoms with Gasteiger partial charge in [0.25, 0.3) is 0 Å². The van der Waals surface area contributed by atoms with E-state index in [2.05, 4.69) is 20.3 Å². The Morgan fingerprint density at radius 1 is 1.44 bits per heavy atom. The van der Waals surface area contributed by atoms with Crippen LogP contribution in [-0.4, -0.2) is 15.2 Å². The van der Waals surface area contributed by atoms with Crippen molar-refractivity contribution in [2.45, 2.75) is 25.5 Å². The standard InChI is InChI=1S/C11H13BrFNOS/c1-11(2,3)16(15)14-7-8-9(12)5-4-6-10(8)13/h4-7H,1-3H3/b14-7+. The highest BCUT2D eigenvalue weighted by Gasteiger charge is 2.18. The molecular weight excluding hydrogens is 293 g/mol. The zero-order valence-electron chi connectivity index (χ0n) is 9.33. The van der Waals surface area contributed by atoms with Crippen molar-refractivity contribution in [3.8, 4) is 0 Å². The Bertz CT molecular complexity index is 420. The number of hydrogen-bond donors (Lipinski definition) is 0. The van der Waals surface area contributed by atoms with Crippen LogP contribution in [0, 0.1) is 5.82 Å². The normalized spacial score (nSPS) is 14.3. The fraction of sp³-hybridized carbons (Fsp3) is 0.364. The lowest BCUT2D eigenvalue weighted by molar-refractivity contribution is 0.625. The Morgan fingerprint density at radius 2 is 2.06 bits per heavy atom. The van der Waals surface area contributed by atoms with Crippen molar-refractivity contribution in [1.29, 1.82) is 0 Å². The van der Waals surface area contributed by atoms with Crippen LogP contribution in [0.15, 0.2) is 27.1 Å². The summed E-state index contributed by atoms with van der Waals surface area (Å²) in [5.41, 5.74) is 0.320. The van der Waals surface area contributed by atoms with Gasteiger partial charge < -0.3 is 0 Å². The van der Waals surface area contributed by atoms with E-state index in [4.69, 9.17) is 0 Å². The Hall–Kier alpha value is -0.550. The molecule has 0 saturated carbocycles. The first-order chi connectivity index (χ1) is 7.32. The third-order valence-electron chi connectivity index (χ3n) is 1.80. The van der Waals surface area contributed by atoms with Crippen molar-refractivity contribution in [3.63, 3.8) is 0 Å². The molecule has 0 fully saturated rings. The minimum absolute atomic E-state index is 0.320. The summed E-state index contributed by atoms with van der Waals surface area (Å²) in [4.78, 5) is 0. The van der Waals surface area contributed by atoms with Gasteiger partial charge in [0.15, 0.2) is 0 Å². The van der Waals surface area contributed by atoms with Gasteiger partial charge in [0.2, 0.25) is 0 Å². The maximum Gasteiger partial charge on any atom is 0.144 e. The Morgan fingerprint density at radius 3 is 2.56 bits per heavy atom. The lowest BCUT2D eigenvalue weighted by Crippen LogP contribution is -2.19. The van der Waals surface area contributed by atoms with Crippen LogP contribution in [0.2, 0.25) is 0 Å². The molecule has 2 nitrogen and oxygen atoms in total. The molecule has 1 rings (SSSR count). The molecule has 16 heavy (non-hydrogen) atoms. The summed E-state index contributed by atoms with van der Waals surface area (Å²) in [5, 5.41) is 0. The number of halogens is 2. The van der Waals surface area contributed by atoms with E-state index in [0.29, 0.717) is 10.0 Å². The molecule has 0 N–H and O–H groups in total. The average molecular weight is 306 g/mol. The van der Waals surface area contributed by atoms with Gasteiger partial charge in [-0.1, -0.05) is 22.0 Å². The molecular formula is C11H13BrFNOS. The Labute approximate surface area is 106 Å². The Balaban J connectivity index is 2.98. The van der Waals surface area contributed by atoms with Crippen molar-refractivity contribution in [2.24, 2.45) is 4.40 Å². The second-order valence-corrected chi connectivity index (χ2v) is 7.02. The largest absolute Gasteiger partial charge is 0.234 e. The summed E-state index contributed by atoms with van der Waals surface area (Å²) in [5.74, 6) is -0.385. The first-order valence-electron chi connectivity index (χ1n) is 4.72. The van der Waals surface area contributed by atoms with E-state index in [1.54, 1.807) is 12.1 Å². The molecule has 1 aromatic rings. The van der Waals surface area contributed by atoms with Crippen LogP contribution in [0.5, 0.6) is 0 Å². The second kappa shape index (κ2) is 5.19. The smallest absolute Gasteiger partial charge is 0.144 e. The first kappa shape index (κ1) is 13.5. The Kier molecular flexibility index (Phi) is 4.38. The summed E-state index contributed by atoms with van der Waals surface area (Å²) in [6, 6.07) is 4.65. The molecule has 0 aliphatic rings. The van der Waals surface area contributed by atoms with E-state index in [9.17, 15) is 8.60 Å². The number of hydrogen-bond acceptors (Lipinski definition) is 1. The van der Waals surface area contributed by atoms with E-state index in [-0.39, 0.29) is 5.82 Å². The van der Waals surface area contributed by atoms with E-state index in [1.807, 2.05) is 20.8 Å². The topological polar surface area (TPSA) is 29.4 Å². The number of nitrogens with zero attached hydrogens (tertiary/aromatic N) is 1. The van der Waals surface area contributed by atoms with Crippen LogP contribution < -0.4 is 0 Å². The lowest BCUT2D eigenvalue weighted by atomic mass is 10.2. The van der Waals surface area contributed by atoms with Gasteiger partial charge in [-0.3, -0.25) is 0 Å². The third-order valence-corrected chi connectivity index (χ3v) is 3.84. The molecule has 0 aliphatic carbocycles. The van der Waals surface area contributed by atoms with Gasteiger partial charge in [0, 0.05) is 16.3 Å². The van der Waals surface area contributed by atoms with Gasteiger partial charge in [-0.2, -0.15) is 4.40 Å². The quantitative estimate of drug-likeness (QED) is 0.769. The molecule has 5 heteroatoms. The SMILES string of the molecule is CC(C)(C)S(=O)/N=C/c1c(F)cccc1Br. The van der Waals surface area contributed by atoms with Crippen molar-refractivity contribution in [3.05, 3.63) is 34.1 Å². The van der Waals surface area contributed by atoms with Gasteiger partial charge in [0.1, 0.15) is 16.8 Å². The predicted octanol–water partition coefficient (Wildman–Crippen LogP) is 3.47. The molecule has 0 heterocycles. The molecule has 0 saturated heterocycles. The monoisotopic (exact) mass is 305 g/mol. The van der Waals surface area contributed by atoms with Crippen LogP contribution in [0.25, 0.3) is 0 Å². The first-order valence-corrected chi connectivity index (χ1v) is 6.62. The van der Waals surface area contributed by atoms with Crippen molar-refractivity contribution in [1.82, 2.24) is 0 Å². The highest BCUT2D eigenvalue weighted by Crippen LogP contribution is 2.18. The number of rotatable bonds is 2. The van der Waals surface area contributed by atoms with Gasteiger partial charge in [-0.25, -0.2) is 8.60 Å². The predicted molar refractivity (Wildman–Crippen MR) is 69.6 cm³/mol. The van der Waals surface area contributed by atoms with Gasteiger partial charge in [-0.15, -0.1) is 0 Å². The maximum absolute atomic E-state index is 13.4. The number of benzene rings is 1. The summed E-state index contributed by atoms with van der Waals surface area (Å²) < 4.78 is 29.0. The summed E-state index contributed by atoms with van der Waals surface area (Å²) >= 11 is 3.22. The van der Waals surface area contributed by atoms with E-state index < -0.39 is 15.7 Å². The van der Waals surface area contributed by atoms with Crippen LogP contribution in [0.1, 0.15) is 26.3 Å². The minimum Gasteiger partial charge on any atom is -0.234 e. The van der Waals surface area contributed by atoms with E-state index in [1.165, 1.54) is 12.3 Å². The van der Waals surface area contributed by atoms with Crippen LogP contribution in [-0.2, 0) is 11.0 Å². The fourth-order valence-electron chi connectivity index (χ4n) is 0.893. The zero-order chi connectivity index (χ0) is 12.3. The van der Waals surface area contributed by atoms with Crippen LogP contribution in [0.3, 0.4) is 0 Å². The van der Waals surface area contributed by atoms with Gasteiger partial charge in [-0.05, 0) is 32.9 Å². The third kappa shape index (κ3) is 3.49. The summed E-state index contributed by atoms with van der Waals surface area (Å²) in [6.45, 7) is 5.45. The molecule has 0 bridgehead atoms. The minimum atomic E-state index is -1.37. The second-order valence-electron chi connectivity index (χ2n) is 4.23. The van der Waals surface area contributed by atoms with Gasteiger partial charge >= 0.3 is 0 Å². The van der Waals surface area contributed by atoms with E-state index >= 15 is 0 Å². The molecule has 0 amide bonds. The molecule has 1 unspecified atom stereocenters. The summed E-state index contributed by atoms with van der Waals surface area (Å²) in [6.07, 6.45) is 1.31. The average Bonchev–Trinajstić information content (AvgIpc) is 2.15. The van der Waals surface area contributed by atoms with Crippen molar-refractivity contribution in [2.75, 3.05) is 0 Å². The van der Waals surface area contributed by atoms with E-state index in [0.717, 1.165) is 0 Å². The lowest BCUT2D eigenvalue weighted by Gasteiger charge is -2.12. The molecule has 1 aromatic carbocycles. The van der Waals surface area contributed by atoms with Crippen LogP contribution in [0.4, 0.5) is 4.39 Å². The highest BCUT2D eigenvalue weighted by atomic mass is 79.9. The molecule has 88 valence electrons. The molecule has 0 radical (unpaired) electrons. The zero-order valence-corrected chi connectivity index (χ0v) is 11.7. The molecule has 1 atom stereocenters. The molecule has 0 aromatic heterocycles. The van der Waals surface area contributed by atoms with Crippen molar-refractivity contribution >= 4 is 33.1 Å². The van der Waals surface area contributed by atoms with Crippen molar-refractivity contribution < 1.29 is 8.60 Å². The van der Waals surface area contributed by atoms with Gasteiger partial charge in [0.05, 0.1) is 4.75 Å².